The van der Waals surface area contributed by atoms with E-state index in [4.69, 9.17) is 20.8 Å². The Bertz CT molecular complexity index is 827. The Morgan fingerprint density at radius 3 is 2.86 bits per heavy atom. The van der Waals surface area contributed by atoms with Crippen LogP contribution in [-0.4, -0.2) is 23.0 Å². The molecule has 0 radical (unpaired) electrons. The molecule has 3 aromatic rings. The molecule has 0 bridgehead atoms. The van der Waals surface area contributed by atoms with E-state index in [1.807, 2.05) is 31.2 Å². The highest BCUT2D eigenvalue weighted by Gasteiger charge is 2.10. The smallest absolute Gasteiger partial charge is 0.176 e. The van der Waals surface area contributed by atoms with E-state index in [1.165, 1.54) is 0 Å². The number of halogens is 1. The van der Waals surface area contributed by atoms with Crippen LogP contribution in [0.5, 0.6) is 5.75 Å². The first kappa shape index (κ1) is 14.3. The number of anilines is 1. The second kappa shape index (κ2) is 6.03. The average molecular weight is 317 g/mol. The Morgan fingerprint density at radius 2 is 2.14 bits per heavy atom. The van der Waals surface area contributed by atoms with Crippen molar-refractivity contribution >= 4 is 34.1 Å². The maximum Gasteiger partial charge on any atom is 0.176 e. The number of furan rings is 1. The van der Waals surface area contributed by atoms with Crippen molar-refractivity contribution in [2.45, 2.75) is 6.92 Å². The highest BCUT2D eigenvalue weighted by atomic mass is 35.5. The van der Waals surface area contributed by atoms with Gasteiger partial charge in [0.25, 0.3) is 0 Å². The highest BCUT2D eigenvalue weighted by molar-refractivity contribution is 6.29. The summed E-state index contributed by atoms with van der Waals surface area (Å²) in [6.07, 6.45) is 0. The molecular weight excluding hydrogens is 304 g/mol. The zero-order valence-corrected chi connectivity index (χ0v) is 12.8. The third-order valence-electron chi connectivity index (χ3n) is 3.05. The maximum atomic E-state index is 5.81. The maximum absolute atomic E-state index is 5.81. The second-order valence-corrected chi connectivity index (χ2v) is 4.93. The monoisotopic (exact) mass is 316 g/mol. The Kier molecular flexibility index (Phi) is 3.93. The molecule has 1 N–H and O–H groups in total. The van der Waals surface area contributed by atoms with Crippen LogP contribution in [0.2, 0.25) is 5.15 Å². The number of fused-ring (bicyclic) bond motifs is 1. The third-order valence-corrected chi connectivity index (χ3v) is 3.26. The summed E-state index contributed by atoms with van der Waals surface area (Å²) >= 11 is 5.68. The van der Waals surface area contributed by atoms with Gasteiger partial charge in [-0.15, -0.1) is 10.2 Å². The average Bonchev–Trinajstić information content (AvgIpc) is 2.98. The van der Waals surface area contributed by atoms with Gasteiger partial charge in [0.05, 0.1) is 7.11 Å². The summed E-state index contributed by atoms with van der Waals surface area (Å²) in [5, 5.41) is 13.1. The van der Waals surface area contributed by atoms with E-state index in [2.05, 4.69) is 20.7 Å². The van der Waals surface area contributed by atoms with Gasteiger partial charge in [0.1, 0.15) is 5.71 Å². The summed E-state index contributed by atoms with van der Waals surface area (Å²) in [7, 11) is 1.61. The topological polar surface area (TPSA) is 72.5 Å². The molecule has 22 heavy (non-hydrogen) atoms. The molecule has 6 nitrogen and oxygen atoms in total. The van der Waals surface area contributed by atoms with Crippen molar-refractivity contribution in [3.05, 3.63) is 47.3 Å². The molecule has 0 fully saturated rings. The first-order chi connectivity index (χ1) is 10.7. The number of nitrogens with one attached hydrogen (secondary N) is 1. The van der Waals surface area contributed by atoms with Crippen LogP contribution in [0.4, 0.5) is 5.82 Å². The lowest BCUT2D eigenvalue weighted by Gasteiger charge is -2.00. The van der Waals surface area contributed by atoms with Crippen molar-refractivity contribution in [2.75, 3.05) is 12.5 Å². The fourth-order valence-electron chi connectivity index (χ4n) is 1.95. The quantitative estimate of drug-likeness (QED) is 0.586. The molecule has 0 aliphatic heterocycles. The largest absolute Gasteiger partial charge is 0.493 e. The van der Waals surface area contributed by atoms with Gasteiger partial charge in [-0.2, -0.15) is 5.10 Å². The molecule has 3 rings (SSSR count). The highest BCUT2D eigenvalue weighted by Crippen LogP contribution is 2.28. The lowest BCUT2D eigenvalue weighted by molar-refractivity contribution is 0.410. The van der Waals surface area contributed by atoms with E-state index in [0.717, 1.165) is 5.39 Å². The van der Waals surface area contributed by atoms with Gasteiger partial charge in [-0.05, 0) is 31.2 Å². The predicted octanol–water partition coefficient (Wildman–Crippen LogP) is 3.72. The van der Waals surface area contributed by atoms with Crippen molar-refractivity contribution in [3.63, 3.8) is 0 Å². The molecule has 7 heteroatoms. The SMILES string of the molecule is COc1cccc2cc(/C(C)=N\Nc3ccc(Cl)nn3)oc12. The lowest BCUT2D eigenvalue weighted by Crippen LogP contribution is -2.00. The Labute approximate surface area is 131 Å². The first-order valence-electron chi connectivity index (χ1n) is 6.54. The van der Waals surface area contributed by atoms with Gasteiger partial charge in [0.2, 0.25) is 0 Å². The summed E-state index contributed by atoms with van der Waals surface area (Å²) in [6, 6.07) is 10.9. The van der Waals surface area contributed by atoms with Crippen molar-refractivity contribution in [3.8, 4) is 5.75 Å². The molecule has 0 atom stereocenters. The van der Waals surface area contributed by atoms with Crippen LogP contribution in [0, 0.1) is 0 Å². The van der Waals surface area contributed by atoms with Gasteiger partial charge in [0, 0.05) is 5.39 Å². The zero-order chi connectivity index (χ0) is 15.5. The van der Waals surface area contributed by atoms with Gasteiger partial charge in [-0.1, -0.05) is 23.7 Å². The summed E-state index contributed by atoms with van der Waals surface area (Å²) in [4.78, 5) is 0. The number of aromatic nitrogens is 2. The normalized spacial score (nSPS) is 11.7. The third kappa shape index (κ3) is 2.87. The number of hydrazone groups is 1. The minimum Gasteiger partial charge on any atom is -0.493 e. The Balaban J connectivity index is 1.86. The Hall–Kier alpha value is -2.60. The standard InChI is InChI=1S/C15H13ClN4O2/c1-9(17-19-14-7-6-13(16)18-20-14)12-8-10-4-3-5-11(21-2)15(10)22-12/h3-8H,1-2H3,(H,19,20)/b17-9-. The molecule has 1 aromatic carbocycles. The number of benzene rings is 1. The van der Waals surface area contributed by atoms with E-state index in [0.29, 0.717) is 33.8 Å². The van der Waals surface area contributed by atoms with Crippen LogP contribution < -0.4 is 10.2 Å². The van der Waals surface area contributed by atoms with Crippen LogP contribution in [0.15, 0.2) is 45.9 Å². The van der Waals surface area contributed by atoms with E-state index < -0.39 is 0 Å². The van der Waals surface area contributed by atoms with E-state index in [9.17, 15) is 0 Å². The van der Waals surface area contributed by atoms with Crippen LogP contribution in [0.25, 0.3) is 11.0 Å². The van der Waals surface area contributed by atoms with E-state index in [1.54, 1.807) is 19.2 Å². The second-order valence-electron chi connectivity index (χ2n) is 4.54. The van der Waals surface area contributed by atoms with Crippen molar-refractivity contribution in [2.24, 2.45) is 5.10 Å². The number of para-hydroxylation sites is 1. The molecule has 0 amide bonds. The zero-order valence-electron chi connectivity index (χ0n) is 12.0. The van der Waals surface area contributed by atoms with Gasteiger partial charge >= 0.3 is 0 Å². The predicted molar refractivity (Wildman–Crippen MR) is 85.6 cm³/mol. The van der Waals surface area contributed by atoms with Crippen molar-refractivity contribution in [1.82, 2.24) is 10.2 Å². The van der Waals surface area contributed by atoms with Crippen LogP contribution in [-0.2, 0) is 0 Å². The minimum absolute atomic E-state index is 0.329. The van der Waals surface area contributed by atoms with Crippen molar-refractivity contribution < 1.29 is 9.15 Å². The number of hydrogen-bond acceptors (Lipinski definition) is 6. The minimum atomic E-state index is 0.329. The van der Waals surface area contributed by atoms with Crippen LogP contribution in [0.3, 0.4) is 0 Å². The van der Waals surface area contributed by atoms with Gasteiger partial charge in [-0.25, -0.2) is 0 Å². The molecule has 0 saturated carbocycles. The number of ether oxygens (including phenoxy) is 1. The van der Waals surface area contributed by atoms with E-state index >= 15 is 0 Å². The molecule has 0 unspecified atom stereocenters. The number of rotatable bonds is 4. The molecule has 0 aliphatic rings. The number of hydrogen-bond donors (Lipinski definition) is 1. The van der Waals surface area contributed by atoms with Gasteiger partial charge < -0.3 is 9.15 Å². The van der Waals surface area contributed by atoms with Gasteiger partial charge in [0.15, 0.2) is 28.1 Å². The summed E-state index contributed by atoms with van der Waals surface area (Å²) in [5.74, 6) is 1.83. The summed E-state index contributed by atoms with van der Waals surface area (Å²) < 4.78 is 11.1. The Morgan fingerprint density at radius 1 is 1.27 bits per heavy atom. The molecule has 0 aliphatic carbocycles. The first-order valence-corrected chi connectivity index (χ1v) is 6.91. The fourth-order valence-corrected chi connectivity index (χ4v) is 2.05. The fraction of sp³-hybridized carbons (Fsp3) is 0.133. The molecule has 2 heterocycles. The lowest BCUT2D eigenvalue weighted by atomic mass is 10.2. The number of methoxy groups -OCH3 is 1. The van der Waals surface area contributed by atoms with Crippen LogP contribution in [0.1, 0.15) is 12.7 Å². The van der Waals surface area contributed by atoms with Gasteiger partial charge in [-0.3, -0.25) is 5.43 Å². The van der Waals surface area contributed by atoms with E-state index in [-0.39, 0.29) is 0 Å². The molecule has 112 valence electrons. The molecule has 0 saturated heterocycles. The van der Waals surface area contributed by atoms with Crippen molar-refractivity contribution in [1.29, 1.82) is 0 Å². The molecular formula is C15H13ClN4O2. The number of nitrogens with zero attached hydrogens (tertiary/aromatic N) is 3. The molecule has 2 aromatic heterocycles. The molecule has 0 spiro atoms. The van der Waals surface area contributed by atoms with Crippen LogP contribution >= 0.6 is 11.6 Å². The summed E-state index contributed by atoms with van der Waals surface area (Å²) in [6.45, 7) is 1.83. The summed E-state index contributed by atoms with van der Waals surface area (Å²) in [5.41, 5.74) is 4.18.